The number of nitrogens with one attached hydrogen (secondary N) is 1. The molecular weight excluding hydrogens is 218 g/mol. The van der Waals surface area contributed by atoms with E-state index in [1.807, 2.05) is 25.4 Å². The maximum Gasteiger partial charge on any atom is 0.0897 e. The van der Waals surface area contributed by atoms with Gasteiger partial charge in [0.1, 0.15) is 0 Å². The van der Waals surface area contributed by atoms with E-state index in [2.05, 4.69) is 28.3 Å². The van der Waals surface area contributed by atoms with Gasteiger partial charge < -0.3 is 5.32 Å². The monoisotopic (exact) mass is 233 g/mol. The number of aromatic nitrogens is 2. The van der Waals surface area contributed by atoms with E-state index in [-0.39, 0.29) is 0 Å². The van der Waals surface area contributed by atoms with E-state index in [0.717, 1.165) is 11.6 Å². The van der Waals surface area contributed by atoms with Crippen LogP contribution in [0.15, 0.2) is 30.7 Å². The molecule has 0 bridgehead atoms. The Bertz CT molecular complexity index is 439. The van der Waals surface area contributed by atoms with Crippen molar-refractivity contribution >= 4 is 11.3 Å². The largest absolute Gasteiger partial charge is 0.305 e. The standard InChI is InChI=1S/C12H15N3S/c1-9(11-4-3-5-13-6-11)14-7-12-8-15-10(2)16-12/h3-6,8-9,14H,7H2,1-2H3/t9-/m0/s1. The number of pyridine rings is 1. The Kier molecular flexibility index (Phi) is 3.64. The van der Waals surface area contributed by atoms with Crippen molar-refractivity contribution in [3.63, 3.8) is 0 Å². The highest BCUT2D eigenvalue weighted by atomic mass is 32.1. The SMILES string of the molecule is Cc1ncc(CN[C@@H](C)c2cccnc2)s1. The topological polar surface area (TPSA) is 37.8 Å². The van der Waals surface area contributed by atoms with Gasteiger partial charge in [-0.2, -0.15) is 0 Å². The molecule has 0 radical (unpaired) electrons. The molecule has 2 rings (SSSR count). The summed E-state index contributed by atoms with van der Waals surface area (Å²) in [7, 11) is 0. The van der Waals surface area contributed by atoms with Gasteiger partial charge in [0.2, 0.25) is 0 Å². The molecule has 0 fully saturated rings. The summed E-state index contributed by atoms with van der Waals surface area (Å²) in [6, 6.07) is 4.36. The number of hydrogen-bond acceptors (Lipinski definition) is 4. The van der Waals surface area contributed by atoms with Gasteiger partial charge in [-0.3, -0.25) is 4.98 Å². The third-order valence-corrected chi connectivity index (χ3v) is 3.35. The summed E-state index contributed by atoms with van der Waals surface area (Å²) in [5.74, 6) is 0. The first-order chi connectivity index (χ1) is 7.75. The Morgan fingerprint density at radius 3 is 2.94 bits per heavy atom. The lowest BCUT2D eigenvalue weighted by Gasteiger charge is -2.12. The predicted octanol–water partition coefficient (Wildman–Crippen LogP) is 2.70. The molecule has 0 aliphatic heterocycles. The second-order valence-electron chi connectivity index (χ2n) is 3.73. The molecule has 0 unspecified atom stereocenters. The first kappa shape index (κ1) is 11.2. The molecule has 0 aliphatic rings. The molecule has 1 atom stereocenters. The highest BCUT2D eigenvalue weighted by Gasteiger charge is 2.05. The molecule has 4 heteroatoms. The molecule has 0 aromatic carbocycles. The van der Waals surface area contributed by atoms with Crippen LogP contribution >= 0.6 is 11.3 Å². The molecule has 84 valence electrons. The van der Waals surface area contributed by atoms with Gasteiger partial charge in [0.25, 0.3) is 0 Å². The summed E-state index contributed by atoms with van der Waals surface area (Å²) in [6.07, 6.45) is 5.63. The van der Waals surface area contributed by atoms with Gasteiger partial charge in [-0.05, 0) is 25.5 Å². The van der Waals surface area contributed by atoms with Crippen LogP contribution in [-0.4, -0.2) is 9.97 Å². The van der Waals surface area contributed by atoms with Crippen molar-refractivity contribution < 1.29 is 0 Å². The van der Waals surface area contributed by atoms with Crippen LogP contribution in [0.5, 0.6) is 0 Å². The van der Waals surface area contributed by atoms with Gasteiger partial charge in [-0.25, -0.2) is 4.98 Å². The van der Waals surface area contributed by atoms with E-state index in [1.54, 1.807) is 17.5 Å². The number of rotatable bonds is 4. The maximum atomic E-state index is 4.23. The predicted molar refractivity (Wildman–Crippen MR) is 66.3 cm³/mol. The van der Waals surface area contributed by atoms with Gasteiger partial charge in [0.15, 0.2) is 0 Å². The first-order valence-electron chi connectivity index (χ1n) is 5.30. The number of aryl methyl sites for hydroxylation is 1. The summed E-state index contributed by atoms with van der Waals surface area (Å²) >= 11 is 1.74. The zero-order valence-electron chi connectivity index (χ0n) is 9.47. The number of hydrogen-bond donors (Lipinski definition) is 1. The molecule has 2 heterocycles. The third-order valence-electron chi connectivity index (χ3n) is 2.44. The highest BCUT2D eigenvalue weighted by Crippen LogP contribution is 2.14. The quantitative estimate of drug-likeness (QED) is 0.882. The van der Waals surface area contributed by atoms with Crippen LogP contribution in [0.25, 0.3) is 0 Å². The van der Waals surface area contributed by atoms with E-state index < -0.39 is 0 Å². The van der Waals surface area contributed by atoms with E-state index >= 15 is 0 Å². The molecule has 16 heavy (non-hydrogen) atoms. The van der Waals surface area contributed by atoms with Gasteiger partial charge >= 0.3 is 0 Å². The van der Waals surface area contributed by atoms with E-state index in [0.29, 0.717) is 6.04 Å². The smallest absolute Gasteiger partial charge is 0.0897 e. The minimum Gasteiger partial charge on any atom is -0.305 e. The molecular formula is C12H15N3S. The highest BCUT2D eigenvalue weighted by molar-refractivity contribution is 7.11. The molecule has 0 spiro atoms. The molecule has 2 aromatic rings. The van der Waals surface area contributed by atoms with Crippen LogP contribution < -0.4 is 5.32 Å². The molecule has 2 aromatic heterocycles. The van der Waals surface area contributed by atoms with Crippen molar-refractivity contribution in [2.75, 3.05) is 0 Å². The Balaban J connectivity index is 1.91. The average molecular weight is 233 g/mol. The van der Waals surface area contributed by atoms with E-state index in [4.69, 9.17) is 0 Å². The van der Waals surface area contributed by atoms with E-state index in [9.17, 15) is 0 Å². The Hall–Kier alpha value is -1.26. The lowest BCUT2D eigenvalue weighted by atomic mass is 10.1. The van der Waals surface area contributed by atoms with Crippen LogP contribution in [0.3, 0.4) is 0 Å². The maximum absolute atomic E-state index is 4.23. The third kappa shape index (κ3) is 2.87. The van der Waals surface area contributed by atoms with Crippen LogP contribution in [0.1, 0.15) is 28.4 Å². The van der Waals surface area contributed by atoms with Crippen molar-refractivity contribution in [1.29, 1.82) is 0 Å². The Morgan fingerprint density at radius 2 is 2.31 bits per heavy atom. The number of nitrogens with zero attached hydrogens (tertiary/aromatic N) is 2. The summed E-state index contributed by atoms with van der Waals surface area (Å²) < 4.78 is 0. The van der Waals surface area contributed by atoms with Gasteiger partial charge in [-0.1, -0.05) is 6.07 Å². The fourth-order valence-corrected chi connectivity index (χ4v) is 2.24. The second kappa shape index (κ2) is 5.18. The van der Waals surface area contributed by atoms with Crippen molar-refractivity contribution in [3.8, 4) is 0 Å². The van der Waals surface area contributed by atoms with Crippen LogP contribution in [0.2, 0.25) is 0 Å². The summed E-state index contributed by atoms with van der Waals surface area (Å²) in [4.78, 5) is 9.62. The van der Waals surface area contributed by atoms with Crippen molar-refractivity contribution in [2.45, 2.75) is 26.4 Å². The summed E-state index contributed by atoms with van der Waals surface area (Å²) in [5.41, 5.74) is 1.21. The van der Waals surface area contributed by atoms with Gasteiger partial charge in [0.05, 0.1) is 5.01 Å². The minimum atomic E-state index is 0.316. The first-order valence-corrected chi connectivity index (χ1v) is 6.12. The molecule has 0 saturated carbocycles. The van der Waals surface area contributed by atoms with Crippen LogP contribution in [0.4, 0.5) is 0 Å². The lowest BCUT2D eigenvalue weighted by molar-refractivity contribution is 0.577. The Labute approximate surface area is 99.6 Å². The second-order valence-corrected chi connectivity index (χ2v) is 5.05. The van der Waals surface area contributed by atoms with Gasteiger partial charge in [0, 0.05) is 36.1 Å². The van der Waals surface area contributed by atoms with E-state index in [1.165, 1.54) is 10.4 Å². The zero-order valence-corrected chi connectivity index (χ0v) is 10.3. The molecule has 1 N–H and O–H groups in total. The normalized spacial score (nSPS) is 12.6. The summed E-state index contributed by atoms with van der Waals surface area (Å²) in [5, 5.41) is 4.58. The van der Waals surface area contributed by atoms with Crippen molar-refractivity contribution in [3.05, 3.63) is 46.2 Å². The minimum absolute atomic E-state index is 0.316. The van der Waals surface area contributed by atoms with Crippen LogP contribution in [0, 0.1) is 6.92 Å². The fraction of sp³-hybridized carbons (Fsp3) is 0.333. The zero-order chi connectivity index (χ0) is 11.4. The van der Waals surface area contributed by atoms with Crippen molar-refractivity contribution in [1.82, 2.24) is 15.3 Å². The summed E-state index contributed by atoms with van der Waals surface area (Å²) in [6.45, 7) is 5.03. The Morgan fingerprint density at radius 1 is 1.44 bits per heavy atom. The number of thiazole rings is 1. The molecule has 3 nitrogen and oxygen atoms in total. The average Bonchev–Trinajstić information content (AvgIpc) is 2.73. The van der Waals surface area contributed by atoms with Gasteiger partial charge in [-0.15, -0.1) is 11.3 Å². The molecule has 0 saturated heterocycles. The molecule has 0 aliphatic carbocycles. The molecule has 0 amide bonds. The lowest BCUT2D eigenvalue weighted by Crippen LogP contribution is -2.17. The van der Waals surface area contributed by atoms with Crippen molar-refractivity contribution in [2.24, 2.45) is 0 Å². The van der Waals surface area contributed by atoms with Crippen LogP contribution in [-0.2, 0) is 6.54 Å². The fourth-order valence-electron chi connectivity index (χ4n) is 1.49.